The normalized spacial score (nSPS) is 10.2. The van der Waals surface area contributed by atoms with Gasteiger partial charge in [-0.05, 0) is 35.4 Å². The number of hydrogen-bond donors (Lipinski definition) is 1. The van der Waals surface area contributed by atoms with Crippen molar-refractivity contribution >= 4 is 17.6 Å². The Hall–Kier alpha value is -4.26. The molecule has 0 atom stereocenters. The summed E-state index contributed by atoms with van der Waals surface area (Å²) >= 11 is 1.34. The van der Waals surface area contributed by atoms with E-state index in [1.165, 1.54) is 11.8 Å². The van der Waals surface area contributed by atoms with Gasteiger partial charge < -0.3 is 10.5 Å². The summed E-state index contributed by atoms with van der Waals surface area (Å²) < 4.78 is 5.94. The maximum atomic E-state index is 9.99. The van der Waals surface area contributed by atoms with Gasteiger partial charge in [0.2, 0.25) is 0 Å². The van der Waals surface area contributed by atoms with Gasteiger partial charge in [0.15, 0.2) is 0 Å². The highest BCUT2D eigenvalue weighted by Crippen LogP contribution is 2.38. The Morgan fingerprint density at radius 1 is 0.844 bits per heavy atom. The van der Waals surface area contributed by atoms with Crippen molar-refractivity contribution in [1.82, 2.24) is 4.98 Å². The molecule has 0 amide bonds. The number of benzene rings is 3. The third-order valence-corrected chi connectivity index (χ3v) is 5.74. The van der Waals surface area contributed by atoms with Crippen LogP contribution in [-0.4, -0.2) is 4.98 Å². The molecule has 0 radical (unpaired) electrons. The molecule has 0 bridgehead atoms. The predicted octanol–water partition coefficient (Wildman–Crippen LogP) is 5.80. The fourth-order valence-electron chi connectivity index (χ4n) is 3.24. The molecule has 0 spiro atoms. The van der Waals surface area contributed by atoms with Gasteiger partial charge >= 0.3 is 0 Å². The number of aromatic nitrogens is 1. The Balaban J connectivity index is 1.75. The average Bonchev–Trinajstić information content (AvgIpc) is 2.84. The Morgan fingerprint density at radius 3 is 2.22 bits per heavy atom. The van der Waals surface area contributed by atoms with Crippen LogP contribution >= 0.6 is 11.8 Å². The molecule has 1 heterocycles. The molecule has 0 saturated heterocycles. The fourth-order valence-corrected chi connectivity index (χ4v) is 4.15. The summed E-state index contributed by atoms with van der Waals surface area (Å²) in [5, 5.41) is 20.2. The summed E-state index contributed by atoms with van der Waals surface area (Å²) in [5.41, 5.74) is 8.80. The number of hydrogen-bond acceptors (Lipinski definition) is 6. The summed E-state index contributed by atoms with van der Waals surface area (Å²) in [6.45, 7) is 0.411. The summed E-state index contributed by atoms with van der Waals surface area (Å²) in [6.07, 6.45) is 0. The maximum absolute atomic E-state index is 9.99. The number of nitriles is 2. The number of anilines is 1. The largest absolute Gasteiger partial charge is 0.489 e. The number of nitrogen functional groups attached to an aromatic ring is 1. The Bertz CT molecular complexity index is 1330. The van der Waals surface area contributed by atoms with Crippen LogP contribution < -0.4 is 10.5 Å². The first-order valence-corrected chi connectivity index (χ1v) is 10.6. The molecule has 0 saturated carbocycles. The van der Waals surface area contributed by atoms with Crippen molar-refractivity contribution in [3.05, 3.63) is 102 Å². The molecular formula is C26H18N4OS. The van der Waals surface area contributed by atoms with Crippen molar-refractivity contribution in [3.8, 4) is 29.0 Å². The zero-order valence-corrected chi connectivity index (χ0v) is 17.8. The van der Waals surface area contributed by atoms with Gasteiger partial charge in [-0.1, -0.05) is 72.4 Å². The van der Waals surface area contributed by atoms with Crippen molar-refractivity contribution < 1.29 is 4.74 Å². The van der Waals surface area contributed by atoms with Gasteiger partial charge in [-0.3, -0.25) is 0 Å². The monoisotopic (exact) mass is 434 g/mol. The Morgan fingerprint density at radius 2 is 1.53 bits per heavy atom. The van der Waals surface area contributed by atoms with Crippen LogP contribution in [0.3, 0.4) is 0 Å². The lowest BCUT2D eigenvalue weighted by atomic mass is 9.96. The third kappa shape index (κ3) is 4.57. The second kappa shape index (κ2) is 9.70. The number of nitrogens with two attached hydrogens (primary N) is 1. The van der Waals surface area contributed by atoms with E-state index >= 15 is 0 Å². The number of rotatable bonds is 6. The van der Waals surface area contributed by atoms with Crippen LogP contribution in [0.15, 0.2) is 94.9 Å². The molecule has 3 aromatic carbocycles. The molecule has 2 N–H and O–H groups in total. The zero-order chi connectivity index (χ0) is 22.3. The molecule has 1 aromatic heterocycles. The van der Waals surface area contributed by atoms with Crippen molar-refractivity contribution in [3.63, 3.8) is 0 Å². The first-order valence-electron chi connectivity index (χ1n) is 9.83. The molecular weight excluding hydrogens is 416 g/mol. The molecule has 5 nitrogen and oxygen atoms in total. The van der Waals surface area contributed by atoms with Gasteiger partial charge in [0.05, 0.1) is 5.56 Å². The van der Waals surface area contributed by atoms with Crippen molar-refractivity contribution in [2.24, 2.45) is 0 Å². The van der Waals surface area contributed by atoms with Crippen molar-refractivity contribution in [2.45, 2.75) is 16.5 Å². The molecule has 0 fully saturated rings. The average molecular weight is 435 g/mol. The minimum atomic E-state index is 0.0931. The molecule has 0 aliphatic carbocycles. The lowest BCUT2D eigenvalue weighted by Gasteiger charge is -2.14. The predicted molar refractivity (Wildman–Crippen MR) is 125 cm³/mol. The van der Waals surface area contributed by atoms with E-state index in [0.717, 1.165) is 10.5 Å². The first kappa shape index (κ1) is 21.0. The maximum Gasteiger partial charge on any atom is 0.143 e. The lowest BCUT2D eigenvalue weighted by molar-refractivity contribution is 0.306. The van der Waals surface area contributed by atoms with Gasteiger partial charge in [0.25, 0.3) is 0 Å². The van der Waals surface area contributed by atoms with Crippen LogP contribution in [0.1, 0.15) is 16.7 Å². The molecule has 0 aliphatic heterocycles. The summed E-state index contributed by atoms with van der Waals surface area (Å²) in [5.74, 6) is 0.724. The fraction of sp³-hybridized carbons (Fsp3) is 0.0385. The number of nitrogens with zero attached hydrogens (tertiary/aromatic N) is 3. The SMILES string of the molecule is N#Cc1c(N)nc(Sc2ccccc2)c(C#N)c1-c1cccc(OCc2ccccc2)c1. The van der Waals surface area contributed by atoms with Crippen LogP contribution in [0, 0.1) is 22.7 Å². The van der Waals surface area contributed by atoms with Gasteiger partial charge in [0, 0.05) is 10.5 Å². The summed E-state index contributed by atoms with van der Waals surface area (Å²) in [4.78, 5) is 5.28. The van der Waals surface area contributed by atoms with Gasteiger partial charge in [0.1, 0.15) is 40.9 Å². The molecule has 0 unspecified atom stereocenters. The van der Waals surface area contributed by atoms with Crippen LogP contribution in [0.4, 0.5) is 5.82 Å². The second-order valence-electron chi connectivity index (χ2n) is 6.87. The molecule has 4 rings (SSSR count). The number of ether oxygens (including phenoxy) is 1. The van der Waals surface area contributed by atoms with E-state index in [0.29, 0.717) is 34.1 Å². The first-order chi connectivity index (χ1) is 15.7. The second-order valence-corrected chi connectivity index (χ2v) is 7.93. The minimum Gasteiger partial charge on any atom is -0.489 e. The van der Waals surface area contributed by atoms with Crippen LogP contribution in [0.2, 0.25) is 0 Å². The number of pyridine rings is 1. The van der Waals surface area contributed by atoms with E-state index in [1.807, 2.05) is 84.9 Å². The van der Waals surface area contributed by atoms with Crippen LogP contribution in [-0.2, 0) is 6.61 Å². The quantitative estimate of drug-likeness (QED) is 0.412. The lowest BCUT2D eigenvalue weighted by Crippen LogP contribution is -2.03. The van der Waals surface area contributed by atoms with Crippen molar-refractivity contribution in [1.29, 1.82) is 10.5 Å². The van der Waals surface area contributed by atoms with E-state index in [2.05, 4.69) is 17.1 Å². The Labute approximate surface area is 190 Å². The van der Waals surface area contributed by atoms with E-state index in [4.69, 9.17) is 10.5 Å². The van der Waals surface area contributed by atoms with E-state index in [-0.39, 0.29) is 11.4 Å². The van der Waals surface area contributed by atoms with Crippen molar-refractivity contribution in [2.75, 3.05) is 5.73 Å². The smallest absolute Gasteiger partial charge is 0.143 e. The molecule has 32 heavy (non-hydrogen) atoms. The summed E-state index contributed by atoms with van der Waals surface area (Å²) in [7, 11) is 0. The highest BCUT2D eigenvalue weighted by molar-refractivity contribution is 7.99. The topological polar surface area (TPSA) is 95.7 Å². The van der Waals surface area contributed by atoms with E-state index < -0.39 is 0 Å². The van der Waals surface area contributed by atoms with Gasteiger partial charge in [-0.15, -0.1) is 0 Å². The van der Waals surface area contributed by atoms with E-state index in [1.54, 1.807) is 0 Å². The highest BCUT2D eigenvalue weighted by Gasteiger charge is 2.21. The third-order valence-electron chi connectivity index (χ3n) is 4.74. The molecule has 154 valence electrons. The molecule has 4 aromatic rings. The zero-order valence-electron chi connectivity index (χ0n) is 17.0. The standard InChI is InChI=1S/C26H18N4OS/c27-15-22-24(19-10-7-11-20(14-19)31-17-18-8-3-1-4-9-18)23(16-28)26(30-25(22)29)32-21-12-5-2-6-13-21/h1-14H,17H2,(H2,29,30). The molecule has 6 heteroatoms. The highest BCUT2D eigenvalue weighted by atomic mass is 32.2. The van der Waals surface area contributed by atoms with E-state index in [9.17, 15) is 10.5 Å². The van der Waals surface area contributed by atoms with Gasteiger partial charge in [-0.25, -0.2) is 4.98 Å². The van der Waals surface area contributed by atoms with Crippen LogP contribution in [0.25, 0.3) is 11.1 Å². The minimum absolute atomic E-state index is 0.0931. The molecule has 0 aliphatic rings. The van der Waals surface area contributed by atoms with Gasteiger partial charge in [-0.2, -0.15) is 10.5 Å². The Kier molecular flexibility index (Phi) is 6.36. The van der Waals surface area contributed by atoms with Crippen LogP contribution in [0.5, 0.6) is 5.75 Å². The summed E-state index contributed by atoms with van der Waals surface area (Å²) in [6, 6.07) is 31.1.